The first-order valence-electron chi connectivity index (χ1n) is 18.0. The summed E-state index contributed by atoms with van der Waals surface area (Å²) < 4.78 is 66.0. The van der Waals surface area contributed by atoms with Crippen molar-refractivity contribution >= 4 is 52.6 Å². The molecule has 0 spiro atoms. The van der Waals surface area contributed by atoms with Crippen LogP contribution in [-0.4, -0.2) is 101 Å². The van der Waals surface area contributed by atoms with E-state index in [1.54, 1.807) is 0 Å². The molecule has 0 aromatic heterocycles. The lowest BCUT2D eigenvalue weighted by atomic mass is 9.81. The number of allylic oxidation sites excluding steroid dienone is 1. The molecule has 0 aliphatic carbocycles. The van der Waals surface area contributed by atoms with Crippen LogP contribution in [-0.2, 0) is 30.0 Å². The summed E-state index contributed by atoms with van der Waals surface area (Å²) in [6.45, 7) is 11.0. The minimum atomic E-state index is -5.19. The number of likely N-dealkylation sites (N-methyl/N-ethyl adjacent to an activating group) is 1. The molecule has 5 rings (SSSR count). The van der Waals surface area contributed by atoms with Gasteiger partial charge < -0.3 is 39.4 Å². The molecule has 2 aromatic rings. The van der Waals surface area contributed by atoms with Crippen molar-refractivity contribution in [3.8, 4) is 0 Å². The van der Waals surface area contributed by atoms with E-state index in [0.29, 0.717) is 13.1 Å². The highest BCUT2D eigenvalue weighted by Crippen LogP contribution is 2.47. The zero-order valence-corrected chi connectivity index (χ0v) is 33.8. The SMILES string of the molecule is CC1(C)C(=C=CC2C[N+](C)(C)CC(/C=C/C3=[N+](CCC(=O)O)c4ccccc4C3(C)C)=C2Cl)N(CCC(=O)O)c2ccccc21.O=C([O-])C(F)(F)F.O=C([O-])C(F)(F)F. The van der Waals surface area contributed by atoms with E-state index in [9.17, 15) is 46.1 Å². The largest absolute Gasteiger partial charge is 0.542 e. The lowest BCUT2D eigenvalue weighted by molar-refractivity contribution is -0.889. The topological polar surface area (TPSA) is 161 Å². The number of alkyl halides is 6. The van der Waals surface area contributed by atoms with E-state index in [-0.39, 0.29) is 29.6 Å². The van der Waals surface area contributed by atoms with Gasteiger partial charge in [-0.05, 0) is 51.5 Å². The van der Waals surface area contributed by atoms with Gasteiger partial charge in [0.2, 0.25) is 5.69 Å². The Hall–Kier alpha value is -5.38. The van der Waals surface area contributed by atoms with Crippen LogP contribution in [0.25, 0.3) is 0 Å². The quantitative estimate of drug-likeness (QED) is 0.150. The fraction of sp³-hybridized carbons (Fsp3) is 0.415. The predicted octanol–water partition coefficient (Wildman–Crippen LogP) is 5.20. The number of carbonyl (C=O) groups is 4. The van der Waals surface area contributed by atoms with Gasteiger partial charge in [-0.3, -0.25) is 9.59 Å². The number of carbonyl (C=O) groups excluding carboxylic acids is 2. The first-order valence-corrected chi connectivity index (χ1v) is 18.4. The molecule has 3 aliphatic heterocycles. The van der Waals surface area contributed by atoms with Crippen LogP contribution in [0.5, 0.6) is 0 Å². The third kappa shape index (κ3) is 11.9. The number of carboxylic acid groups (broad SMARTS) is 4. The number of carboxylic acids is 4. The monoisotopic (exact) mass is 855 g/mol. The van der Waals surface area contributed by atoms with Crippen LogP contribution in [0.15, 0.2) is 88.8 Å². The number of rotatable bonds is 9. The molecule has 0 radical (unpaired) electrons. The number of halogens is 7. The van der Waals surface area contributed by atoms with Crippen LogP contribution in [0.4, 0.5) is 37.7 Å². The Kier molecular flexibility index (Phi) is 14.9. The standard InChI is InChI=1S/C37H42ClN3O4.2C2HF3O2/c1-36(2)27-11-7-9-13-29(27)39(21-19-33(42)43)31(36)17-15-25-23-41(5,6)24-26(35(25)38)16-18-32-37(3,4)28-12-8-10-14-30(28)40(32)22-20-34(44)45;2*3-2(4,5)1(6)7/h7-17,26H,19-24H2,1-6H3;2*(H,6,7)/b17-15+;;. The van der Waals surface area contributed by atoms with Crippen LogP contribution in [0.1, 0.15) is 51.7 Å². The van der Waals surface area contributed by atoms with Crippen molar-refractivity contribution in [3.05, 3.63) is 99.9 Å². The molecule has 59 heavy (non-hydrogen) atoms. The van der Waals surface area contributed by atoms with Crippen molar-refractivity contribution in [2.45, 2.75) is 63.7 Å². The molecule has 18 heteroatoms. The lowest BCUT2D eigenvalue weighted by Crippen LogP contribution is -2.47. The lowest BCUT2D eigenvalue weighted by Gasteiger charge is -2.37. The molecule has 320 valence electrons. The van der Waals surface area contributed by atoms with Gasteiger partial charge in [0, 0.05) is 46.0 Å². The number of quaternary nitrogens is 1. The van der Waals surface area contributed by atoms with Crippen molar-refractivity contribution in [1.82, 2.24) is 0 Å². The molecule has 3 heterocycles. The van der Waals surface area contributed by atoms with Gasteiger partial charge in [-0.2, -0.15) is 30.9 Å². The summed E-state index contributed by atoms with van der Waals surface area (Å²) in [7, 11) is 4.39. The van der Waals surface area contributed by atoms with Gasteiger partial charge in [0.05, 0.1) is 44.1 Å². The summed E-state index contributed by atoms with van der Waals surface area (Å²) in [5, 5.41) is 37.2. The van der Waals surface area contributed by atoms with Gasteiger partial charge in [-0.1, -0.05) is 48.0 Å². The third-order valence-electron chi connectivity index (χ3n) is 9.88. The molecule has 1 unspecified atom stereocenters. The maximum Gasteiger partial charge on any atom is 0.430 e. The van der Waals surface area contributed by atoms with E-state index in [2.05, 4.69) is 93.4 Å². The van der Waals surface area contributed by atoms with E-state index in [4.69, 9.17) is 31.4 Å². The molecule has 3 aliphatic rings. The van der Waals surface area contributed by atoms with E-state index in [1.165, 1.54) is 5.56 Å². The molecule has 2 N–H and O–H groups in total. The van der Waals surface area contributed by atoms with Crippen LogP contribution in [0.3, 0.4) is 0 Å². The van der Waals surface area contributed by atoms with Crippen molar-refractivity contribution in [3.63, 3.8) is 0 Å². The number of hydrogen-bond donors (Lipinski definition) is 2. The number of fused-ring (bicyclic) bond motifs is 2. The van der Waals surface area contributed by atoms with Crippen molar-refractivity contribution < 1.29 is 75.0 Å². The first-order chi connectivity index (χ1) is 27.0. The summed E-state index contributed by atoms with van der Waals surface area (Å²) in [4.78, 5) is 42.7. The van der Waals surface area contributed by atoms with Crippen LogP contribution >= 0.6 is 11.6 Å². The van der Waals surface area contributed by atoms with Crippen LogP contribution < -0.4 is 15.1 Å². The Morgan fingerprint density at radius 2 is 1.37 bits per heavy atom. The molecular weight excluding hydrogens is 812 g/mol. The first kappa shape index (κ1) is 48.0. The van der Waals surface area contributed by atoms with E-state index in [0.717, 1.165) is 56.5 Å². The van der Waals surface area contributed by atoms with Gasteiger partial charge in [-0.25, -0.2) is 0 Å². The summed E-state index contributed by atoms with van der Waals surface area (Å²) in [5.74, 6) is -7.75. The Balaban J connectivity index is 0.000000569. The van der Waals surface area contributed by atoms with Crippen LogP contribution in [0, 0.1) is 5.92 Å². The van der Waals surface area contributed by atoms with E-state index in [1.807, 2.05) is 30.3 Å². The van der Waals surface area contributed by atoms with Gasteiger partial charge in [-0.15, -0.1) is 5.73 Å². The number of aliphatic carboxylic acids is 4. The minimum Gasteiger partial charge on any atom is -0.542 e. The normalized spacial score (nSPS) is 18.8. The van der Waals surface area contributed by atoms with Gasteiger partial charge in [0.25, 0.3) is 0 Å². The Morgan fingerprint density at radius 3 is 1.90 bits per heavy atom. The molecule has 11 nitrogen and oxygen atoms in total. The highest BCUT2D eigenvalue weighted by Gasteiger charge is 2.45. The molecule has 0 saturated carbocycles. The number of para-hydroxylation sites is 2. The summed E-state index contributed by atoms with van der Waals surface area (Å²) in [6.07, 6.45) is -4.02. The second-order valence-electron chi connectivity index (χ2n) is 15.6. The predicted molar refractivity (Wildman–Crippen MR) is 202 cm³/mol. The van der Waals surface area contributed by atoms with Gasteiger partial charge in [0.15, 0.2) is 12.3 Å². The maximum absolute atomic E-state index is 11.5. The summed E-state index contributed by atoms with van der Waals surface area (Å²) >= 11 is 7.19. The third-order valence-corrected chi connectivity index (χ3v) is 10.4. The second kappa shape index (κ2) is 18.3. The molecule has 0 amide bonds. The zero-order valence-electron chi connectivity index (χ0n) is 33.0. The number of anilines is 1. The molecule has 1 atom stereocenters. The Labute approximate surface area is 341 Å². The van der Waals surface area contributed by atoms with Crippen molar-refractivity contribution in [1.29, 1.82) is 0 Å². The molecule has 0 bridgehead atoms. The number of hydrogen-bond acceptors (Lipinski definition) is 7. The van der Waals surface area contributed by atoms with E-state index < -0.39 is 36.2 Å². The average Bonchev–Trinajstić information content (AvgIpc) is 3.46. The van der Waals surface area contributed by atoms with E-state index >= 15 is 0 Å². The van der Waals surface area contributed by atoms with Crippen molar-refractivity contribution in [2.75, 3.05) is 45.2 Å². The molecule has 2 aromatic carbocycles. The second-order valence-corrected chi connectivity index (χ2v) is 16.0. The van der Waals surface area contributed by atoms with Gasteiger partial charge >= 0.3 is 24.3 Å². The van der Waals surface area contributed by atoms with Gasteiger partial charge in [0.1, 0.15) is 24.9 Å². The summed E-state index contributed by atoms with van der Waals surface area (Å²) in [5.41, 5.74) is 10.4. The maximum atomic E-state index is 11.5. The average molecular weight is 856 g/mol. The number of nitrogens with zero attached hydrogens (tertiary/aromatic N) is 3. The Bertz CT molecular complexity index is 2110. The highest BCUT2D eigenvalue weighted by molar-refractivity contribution is 6.30. The van der Waals surface area contributed by atoms with Crippen molar-refractivity contribution in [2.24, 2.45) is 5.92 Å². The minimum absolute atomic E-state index is 0.0288. The summed E-state index contributed by atoms with van der Waals surface area (Å²) in [6, 6.07) is 16.4. The fourth-order valence-electron chi connectivity index (χ4n) is 7.18. The Morgan fingerprint density at radius 1 is 0.864 bits per heavy atom. The number of benzene rings is 2. The van der Waals surface area contributed by atoms with Crippen LogP contribution in [0.2, 0.25) is 0 Å². The molecule has 0 saturated heterocycles. The fourth-order valence-corrected chi connectivity index (χ4v) is 7.43. The zero-order chi connectivity index (χ0) is 44.9. The molecular formula is C41H44ClF6N3O8. The smallest absolute Gasteiger partial charge is 0.430 e. The highest BCUT2D eigenvalue weighted by atomic mass is 35.5. The molecule has 0 fully saturated rings.